The zero-order valence-electron chi connectivity index (χ0n) is 11.9. The van der Waals surface area contributed by atoms with Crippen molar-refractivity contribution >= 4 is 0 Å². The summed E-state index contributed by atoms with van der Waals surface area (Å²) in [6, 6.07) is 8.66. The molecule has 106 valence electrons. The number of aliphatic hydroxyl groups is 1. The van der Waals surface area contributed by atoms with Gasteiger partial charge in [0.1, 0.15) is 11.9 Å². The first-order chi connectivity index (χ1) is 9.15. The minimum absolute atomic E-state index is 0.0339. The van der Waals surface area contributed by atoms with Gasteiger partial charge in [-0.1, -0.05) is 32.4 Å². The van der Waals surface area contributed by atoms with Gasteiger partial charge in [-0.3, -0.25) is 0 Å². The highest BCUT2D eigenvalue weighted by Crippen LogP contribution is 2.24. The van der Waals surface area contributed by atoms with Crippen molar-refractivity contribution in [2.45, 2.75) is 64.3 Å². The van der Waals surface area contributed by atoms with E-state index in [1.54, 1.807) is 0 Å². The normalized spacial score (nSPS) is 23.6. The van der Waals surface area contributed by atoms with Crippen molar-refractivity contribution in [1.29, 1.82) is 0 Å². The maximum absolute atomic E-state index is 9.90. The molecule has 19 heavy (non-hydrogen) atoms. The lowest BCUT2D eigenvalue weighted by Gasteiger charge is -2.28. The number of nitrogens with one attached hydrogen (secondary N) is 1. The predicted octanol–water partition coefficient (Wildman–Crippen LogP) is 2.87. The summed E-state index contributed by atoms with van der Waals surface area (Å²) in [6.45, 7) is 5.16. The van der Waals surface area contributed by atoms with Crippen LogP contribution in [0.2, 0.25) is 0 Å². The van der Waals surface area contributed by atoms with E-state index in [0.717, 1.165) is 38.0 Å². The maximum atomic E-state index is 9.90. The van der Waals surface area contributed by atoms with Crippen LogP contribution in [0.4, 0.5) is 0 Å². The van der Waals surface area contributed by atoms with Gasteiger partial charge in [-0.25, -0.2) is 0 Å². The first-order valence-corrected chi connectivity index (χ1v) is 7.32. The van der Waals surface area contributed by atoms with Crippen molar-refractivity contribution in [3.05, 3.63) is 29.8 Å². The highest BCUT2D eigenvalue weighted by atomic mass is 16.5. The zero-order chi connectivity index (χ0) is 13.7. The number of ether oxygens (including phenoxy) is 1. The molecule has 0 aliphatic heterocycles. The van der Waals surface area contributed by atoms with Crippen molar-refractivity contribution in [2.75, 3.05) is 0 Å². The average molecular weight is 263 g/mol. The predicted molar refractivity (Wildman–Crippen MR) is 77.3 cm³/mol. The Labute approximate surface area is 116 Å². The molecule has 3 heteroatoms. The van der Waals surface area contributed by atoms with Gasteiger partial charge >= 0.3 is 0 Å². The Hall–Kier alpha value is -1.06. The Morgan fingerprint density at radius 1 is 1.21 bits per heavy atom. The van der Waals surface area contributed by atoms with Gasteiger partial charge < -0.3 is 15.2 Å². The summed E-state index contributed by atoms with van der Waals surface area (Å²) in [6.07, 6.45) is 3.74. The smallest absolute Gasteiger partial charge is 0.124 e. The Kier molecular flexibility index (Phi) is 5.23. The number of rotatable bonds is 5. The second-order valence-corrected chi connectivity index (χ2v) is 5.69. The van der Waals surface area contributed by atoms with E-state index < -0.39 is 0 Å². The van der Waals surface area contributed by atoms with E-state index in [2.05, 4.69) is 31.3 Å². The summed E-state index contributed by atoms with van der Waals surface area (Å²) in [7, 11) is 0. The molecule has 2 N–H and O–H groups in total. The lowest BCUT2D eigenvalue weighted by molar-refractivity contribution is 0.00687. The molecule has 1 aromatic rings. The van der Waals surface area contributed by atoms with Gasteiger partial charge in [-0.2, -0.15) is 0 Å². The monoisotopic (exact) mass is 263 g/mol. The van der Waals surface area contributed by atoms with E-state index in [1.165, 1.54) is 5.56 Å². The summed E-state index contributed by atoms with van der Waals surface area (Å²) in [5, 5.41) is 13.3. The molecule has 1 fully saturated rings. The largest absolute Gasteiger partial charge is 0.488 e. The van der Waals surface area contributed by atoms with Crippen LogP contribution in [0.5, 0.6) is 5.75 Å². The fourth-order valence-corrected chi connectivity index (χ4v) is 2.40. The molecule has 1 aliphatic rings. The maximum Gasteiger partial charge on any atom is 0.124 e. The van der Waals surface area contributed by atoms with Gasteiger partial charge in [0, 0.05) is 12.6 Å². The first-order valence-electron chi connectivity index (χ1n) is 7.32. The topological polar surface area (TPSA) is 41.5 Å². The molecule has 2 atom stereocenters. The summed E-state index contributed by atoms with van der Waals surface area (Å²) in [4.78, 5) is 0. The second-order valence-electron chi connectivity index (χ2n) is 5.69. The summed E-state index contributed by atoms with van der Waals surface area (Å²) < 4.78 is 5.88. The van der Waals surface area contributed by atoms with Crippen LogP contribution in [0.3, 0.4) is 0 Å². The van der Waals surface area contributed by atoms with Crippen LogP contribution in [-0.2, 0) is 6.54 Å². The van der Waals surface area contributed by atoms with Crippen LogP contribution in [0.1, 0.15) is 45.1 Å². The minimum atomic E-state index is -0.309. The van der Waals surface area contributed by atoms with Crippen molar-refractivity contribution in [1.82, 2.24) is 5.32 Å². The van der Waals surface area contributed by atoms with E-state index >= 15 is 0 Å². The van der Waals surface area contributed by atoms with Crippen molar-refractivity contribution < 1.29 is 9.84 Å². The van der Waals surface area contributed by atoms with Crippen LogP contribution in [0, 0.1) is 0 Å². The van der Waals surface area contributed by atoms with E-state index in [4.69, 9.17) is 4.74 Å². The van der Waals surface area contributed by atoms with Gasteiger partial charge in [-0.15, -0.1) is 0 Å². The van der Waals surface area contributed by atoms with Gasteiger partial charge in [0.15, 0.2) is 0 Å². The Bertz CT molecular complexity index is 375. The van der Waals surface area contributed by atoms with E-state index in [0.29, 0.717) is 6.04 Å². The SMILES string of the molecule is CC(C)NCc1ccc(OC2CCCCC2O)cc1. The third-order valence-electron chi connectivity index (χ3n) is 3.59. The lowest BCUT2D eigenvalue weighted by Crippen LogP contribution is -2.34. The molecule has 0 spiro atoms. The molecular weight excluding hydrogens is 238 g/mol. The standard InChI is InChI=1S/C16H25NO2/c1-12(2)17-11-13-7-9-14(10-8-13)19-16-6-4-3-5-15(16)18/h7-10,12,15-18H,3-6,11H2,1-2H3. The van der Waals surface area contributed by atoms with Crippen molar-refractivity contribution in [2.24, 2.45) is 0 Å². The highest BCUT2D eigenvalue weighted by molar-refractivity contribution is 5.27. The second kappa shape index (κ2) is 6.92. The lowest BCUT2D eigenvalue weighted by atomic mass is 9.95. The van der Waals surface area contributed by atoms with Crippen molar-refractivity contribution in [3.8, 4) is 5.75 Å². The van der Waals surface area contributed by atoms with Gasteiger partial charge in [-0.05, 0) is 37.0 Å². The summed E-state index contributed by atoms with van der Waals surface area (Å²) in [5.74, 6) is 0.860. The molecule has 3 nitrogen and oxygen atoms in total. The number of aliphatic hydroxyl groups excluding tert-OH is 1. The quantitative estimate of drug-likeness (QED) is 0.858. The number of benzene rings is 1. The molecule has 0 radical (unpaired) electrons. The molecule has 2 rings (SSSR count). The van der Waals surface area contributed by atoms with E-state index in [1.807, 2.05) is 12.1 Å². The molecular formula is C16H25NO2. The van der Waals surface area contributed by atoms with Gasteiger partial charge in [0.05, 0.1) is 6.10 Å². The molecule has 0 saturated heterocycles. The van der Waals surface area contributed by atoms with Crippen LogP contribution < -0.4 is 10.1 Å². The highest BCUT2D eigenvalue weighted by Gasteiger charge is 2.24. The Morgan fingerprint density at radius 3 is 2.53 bits per heavy atom. The summed E-state index contributed by atoms with van der Waals surface area (Å²) in [5.41, 5.74) is 1.25. The Balaban J connectivity index is 1.87. The van der Waals surface area contributed by atoms with E-state index in [9.17, 15) is 5.11 Å². The molecule has 1 aromatic carbocycles. The van der Waals surface area contributed by atoms with Gasteiger partial charge in [0.2, 0.25) is 0 Å². The molecule has 0 bridgehead atoms. The van der Waals surface area contributed by atoms with Crippen LogP contribution in [0.15, 0.2) is 24.3 Å². The molecule has 0 amide bonds. The Morgan fingerprint density at radius 2 is 1.89 bits per heavy atom. The zero-order valence-corrected chi connectivity index (χ0v) is 11.9. The molecule has 0 heterocycles. The van der Waals surface area contributed by atoms with Crippen LogP contribution >= 0.6 is 0 Å². The van der Waals surface area contributed by atoms with Gasteiger partial charge in [0.25, 0.3) is 0 Å². The van der Waals surface area contributed by atoms with E-state index in [-0.39, 0.29) is 12.2 Å². The molecule has 2 unspecified atom stereocenters. The first kappa shape index (κ1) is 14.4. The summed E-state index contributed by atoms with van der Waals surface area (Å²) >= 11 is 0. The third kappa shape index (κ3) is 4.51. The molecule has 0 aromatic heterocycles. The fraction of sp³-hybridized carbons (Fsp3) is 0.625. The van der Waals surface area contributed by atoms with Crippen LogP contribution in [-0.4, -0.2) is 23.4 Å². The van der Waals surface area contributed by atoms with Crippen molar-refractivity contribution in [3.63, 3.8) is 0 Å². The molecule has 1 saturated carbocycles. The average Bonchev–Trinajstić information content (AvgIpc) is 2.40. The molecule has 1 aliphatic carbocycles. The third-order valence-corrected chi connectivity index (χ3v) is 3.59. The number of hydrogen-bond acceptors (Lipinski definition) is 3. The minimum Gasteiger partial charge on any atom is -0.488 e. The fourth-order valence-electron chi connectivity index (χ4n) is 2.40. The van der Waals surface area contributed by atoms with Crippen LogP contribution in [0.25, 0.3) is 0 Å². The number of hydrogen-bond donors (Lipinski definition) is 2.